The van der Waals surface area contributed by atoms with Crippen molar-refractivity contribution in [1.29, 1.82) is 0 Å². The number of benzene rings is 2. The van der Waals surface area contributed by atoms with E-state index in [9.17, 15) is 27.2 Å². The maximum atomic E-state index is 14.4. The molecule has 0 saturated carbocycles. The van der Waals surface area contributed by atoms with Crippen LogP contribution in [0.5, 0.6) is 0 Å². The molecule has 1 aromatic heterocycles. The summed E-state index contributed by atoms with van der Waals surface area (Å²) in [7, 11) is 0. The first-order valence-corrected chi connectivity index (χ1v) is 10.8. The van der Waals surface area contributed by atoms with Crippen molar-refractivity contribution in [2.45, 2.75) is 32.2 Å². The van der Waals surface area contributed by atoms with Gasteiger partial charge in [-0.05, 0) is 42.8 Å². The van der Waals surface area contributed by atoms with Crippen LogP contribution in [0.2, 0.25) is 0 Å². The standard InChI is InChI=1S/C24H22F4N4O3/c1-14(24(26,27)28)35-13-15-7-16(9-18(25)8-15)20-11-21(30-23(34)17-10-22(33)29-12-17)31-32(20)19-5-3-2-4-6-19/h2-9,11,14,17H,10,12-13H2,1H3,(H,29,33)(H,30,31,34)/t14-,17-/m1/s1. The lowest BCUT2D eigenvalue weighted by Crippen LogP contribution is -2.28. The smallest absolute Gasteiger partial charge is 0.364 e. The Kier molecular flexibility index (Phi) is 6.88. The number of nitrogens with zero attached hydrogens (tertiary/aromatic N) is 2. The number of ether oxygens (including phenoxy) is 1. The zero-order valence-electron chi connectivity index (χ0n) is 18.6. The summed E-state index contributed by atoms with van der Waals surface area (Å²) in [6.07, 6.45) is -6.47. The van der Waals surface area contributed by atoms with Gasteiger partial charge in [0, 0.05) is 24.6 Å². The van der Waals surface area contributed by atoms with Gasteiger partial charge < -0.3 is 15.4 Å². The molecule has 1 saturated heterocycles. The number of hydrogen-bond acceptors (Lipinski definition) is 4. The van der Waals surface area contributed by atoms with Crippen LogP contribution in [-0.2, 0) is 20.9 Å². The van der Waals surface area contributed by atoms with Crippen molar-refractivity contribution in [3.8, 4) is 16.9 Å². The lowest BCUT2D eigenvalue weighted by molar-refractivity contribution is -0.217. The van der Waals surface area contributed by atoms with Gasteiger partial charge in [-0.2, -0.15) is 13.2 Å². The van der Waals surface area contributed by atoms with E-state index in [0.29, 0.717) is 16.9 Å². The Morgan fingerprint density at radius 2 is 1.97 bits per heavy atom. The highest BCUT2D eigenvalue weighted by Crippen LogP contribution is 2.29. The number of alkyl halides is 3. The maximum absolute atomic E-state index is 14.4. The molecule has 0 spiro atoms. The van der Waals surface area contributed by atoms with Crippen LogP contribution in [0.4, 0.5) is 23.4 Å². The van der Waals surface area contributed by atoms with Crippen molar-refractivity contribution in [2.75, 3.05) is 11.9 Å². The summed E-state index contributed by atoms with van der Waals surface area (Å²) < 4.78 is 59.2. The number of halogens is 4. The van der Waals surface area contributed by atoms with E-state index >= 15 is 0 Å². The minimum Gasteiger partial charge on any atom is -0.364 e. The zero-order chi connectivity index (χ0) is 25.2. The average molecular weight is 490 g/mol. The molecule has 1 aliphatic heterocycles. The van der Waals surface area contributed by atoms with E-state index < -0.39 is 30.6 Å². The fourth-order valence-electron chi connectivity index (χ4n) is 3.63. The lowest BCUT2D eigenvalue weighted by Gasteiger charge is -2.16. The van der Waals surface area contributed by atoms with Crippen LogP contribution in [0.3, 0.4) is 0 Å². The van der Waals surface area contributed by atoms with Gasteiger partial charge in [0.15, 0.2) is 11.9 Å². The van der Waals surface area contributed by atoms with E-state index in [-0.39, 0.29) is 36.2 Å². The minimum atomic E-state index is -4.53. The molecule has 2 amide bonds. The van der Waals surface area contributed by atoms with Gasteiger partial charge in [-0.25, -0.2) is 9.07 Å². The van der Waals surface area contributed by atoms with Crippen molar-refractivity contribution in [2.24, 2.45) is 5.92 Å². The molecule has 0 unspecified atom stereocenters. The van der Waals surface area contributed by atoms with Crippen LogP contribution in [0, 0.1) is 11.7 Å². The molecular weight excluding hydrogens is 468 g/mol. The van der Waals surface area contributed by atoms with Crippen LogP contribution in [-0.4, -0.2) is 40.4 Å². The first-order valence-electron chi connectivity index (χ1n) is 10.8. The monoisotopic (exact) mass is 490 g/mol. The van der Waals surface area contributed by atoms with Gasteiger partial charge in [-0.1, -0.05) is 18.2 Å². The second-order valence-corrected chi connectivity index (χ2v) is 8.20. The number of amides is 2. The minimum absolute atomic E-state index is 0.0711. The molecule has 0 bridgehead atoms. The first kappa shape index (κ1) is 24.4. The topological polar surface area (TPSA) is 85.2 Å². The Labute approximate surface area is 198 Å². The molecule has 11 heteroatoms. The van der Waals surface area contributed by atoms with Gasteiger partial charge in [-0.3, -0.25) is 9.59 Å². The van der Waals surface area contributed by atoms with Crippen molar-refractivity contribution in [3.63, 3.8) is 0 Å². The summed E-state index contributed by atoms with van der Waals surface area (Å²) in [6.45, 7) is 0.658. The summed E-state index contributed by atoms with van der Waals surface area (Å²) in [6, 6.07) is 14.2. The highest BCUT2D eigenvalue weighted by molar-refractivity contribution is 5.97. The van der Waals surface area contributed by atoms with E-state index in [1.54, 1.807) is 30.3 Å². The Bertz CT molecular complexity index is 1230. The molecule has 3 aromatic rings. The molecule has 0 aliphatic carbocycles. The van der Waals surface area contributed by atoms with Crippen LogP contribution in [0.1, 0.15) is 18.9 Å². The third-order valence-electron chi connectivity index (χ3n) is 5.52. The molecule has 2 heterocycles. The predicted octanol–water partition coefficient (Wildman–Crippen LogP) is 4.22. The molecule has 1 fully saturated rings. The van der Waals surface area contributed by atoms with E-state index in [2.05, 4.69) is 15.7 Å². The molecular formula is C24H22F4N4O3. The summed E-state index contributed by atoms with van der Waals surface area (Å²) in [5.74, 6) is -1.62. The van der Waals surface area contributed by atoms with Crippen molar-refractivity contribution in [1.82, 2.24) is 15.1 Å². The van der Waals surface area contributed by atoms with E-state index in [1.165, 1.54) is 22.9 Å². The lowest BCUT2D eigenvalue weighted by atomic mass is 10.1. The molecule has 2 aromatic carbocycles. The van der Waals surface area contributed by atoms with Gasteiger partial charge in [0.2, 0.25) is 11.8 Å². The molecule has 184 valence electrons. The SMILES string of the molecule is C[C@@H](OCc1cc(F)cc(-c2cc(NC(=O)[C@H]3CNC(=O)C3)nn2-c2ccccc2)c1)C(F)(F)F. The summed E-state index contributed by atoms with van der Waals surface area (Å²) in [5.41, 5.74) is 1.56. The van der Waals surface area contributed by atoms with Crippen LogP contribution in [0.25, 0.3) is 16.9 Å². The third kappa shape index (κ3) is 5.86. The number of carbonyl (C=O) groups excluding carboxylic acids is 2. The van der Waals surface area contributed by atoms with E-state index in [1.807, 2.05) is 0 Å². The highest BCUT2D eigenvalue weighted by Gasteiger charge is 2.37. The summed E-state index contributed by atoms with van der Waals surface area (Å²) in [4.78, 5) is 24.0. The third-order valence-corrected chi connectivity index (χ3v) is 5.52. The second-order valence-electron chi connectivity index (χ2n) is 8.20. The summed E-state index contributed by atoms with van der Waals surface area (Å²) >= 11 is 0. The number of para-hydroxylation sites is 1. The number of hydrogen-bond donors (Lipinski definition) is 2. The van der Waals surface area contributed by atoms with Crippen molar-refractivity contribution in [3.05, 3.63) is 66.0 Å². The zero-order valence-corrected chi connectivity index (χ0v) is 18.6. The second kappa shape index (κ2) is 9.87. The van der Waals surface area contributed by atoms with Gasteiger partial charge in [0.25, 0.3) is 0 Å². The van der Waals surface area contributed by atoms with Crippen LogP contribution < -0.4 is 10.6 Å². The summed E-state index contributed by atoms with van der Waals surface area (Å²) in [5, 5.41) is 9.71. The molecule has 1 aliphatic rings. The Morgan fingerprint density at radius 1 is 1.23 bits per heavy atom. The number of carbonyl (C=O) groups is 2. The average Bonchev–Trinajstić information content (AvgIpc) is 3.43. The fraction of sp³-hybridized carbons (Fsp3) is 0.292. The quantitative estimate of drug-likeness (QED) is 0.486. The van der Waals surface area contributed by atoms with Crippen LogP contribution in [0.15, 0.2) is 54.6 Å². The Hall–Kier alpha value is -3.73. The number of anilines is 1. The number of nitrogens with one attached hydrogen (secondary N) is 2. The number of rotatable bonds is 7. The Morgan fingerprint density at radius 3 is 2.63 bits per heavy atom. The van der Waals surface area contributed by atoms with Gasteiger partial charge >= 0.3 is 6.18 Å². The van der Waals surface area contributed by atoms with Gasteiger partial charge in [-0.15, -0.1) is 5.10 Å². The first-order chi connectivity index (χ1) is 16.6. The van der Waals surface area contributed by atoms with Crippen molar-refractivity contribution < 1.29 is 31.9 Å². The molecule has 2 atom stereocenters. The number of aromatic nitrogens is 2. The molecule has 7 nitrogen and oxygen atoms in total. The molecule has 4 rings (SSSR count). The Balaban J connectivity index is 1.65. The fourth-order valence-corrected chi connectivity index (χ4v) is 3.63. The van der Waals surface area contributed by atoms with Crippen molar-refractivity contribution >= 4 is 17.6 Å². The van der Waals surface area contributed by atoms with Gasteiger partial charge in [0.1, 0.15) is 5.82 Å². The largest absolute Gasteiger partial charge is 0.414 e. The van der Waals surface area contributed by atoms with E-state index in [0.717, 1.165) is 13.0 Å². The van der Waals surface area contributed by atoms with Crippen LogP contribution >= 0.6 is 0 Å². The highest BCUT2D eigenvalue weighted by atomic mass is 19.4. The maximum Gasteiger partial charge on any atom is 0.414 e. The van der Waals surface area contributed by atoms with E-state index in [4.69, 9.17) is 4.74 Å². The molecule has 2 N–H and O–H groups in total. The molecule has 35 heavy (non-hydrogen) atoms. The van der Waals surface area contributed by atoms with Gasteiger partial charge in [0.05, 0.1) is 23.9 Å². The predicted molar refractivity (Wildman–Crippen MR) is 119 cm³/mol. The normalized spacial score (nSPS) is 16.7. The molecule has 0 radical (unpaired) electrons.